The number of rotatable bonds is 4. The first-order chi connectivity index (χ1) is 4.41. The van der Waals surface area contributed by atoms with Crippen LogP contribution in [0.1, 0.15) is 21.1 Å². The number of nitrogens with one attached hydrogen (secondary N) is 1. The van der Waals surface area contributed by atoms with Gasteiger partial charge in [-0.15, -0.1) is 6.40 Å². The minimum Gasteiger partial charge on any atom is -0.306 e. The standard InChI is InChI=1S/C7H13N/c1-3-5-7-8-6-4-2/h2,8H,3,5-7H2,1H3/i2D. The van der Waals surface area contributed by atoms with Gasteiger partial charge in [-0.3, -0.25) is 0 Å². The topological polar surface area (TPSA) is 12.0 Å². The molecule has 0 unspecified atom stereocenters. The molecule has 8 heavy (non-hydrogen) atoms. The van der Waals surface area contributed by atoms with Crippen molar-refractivity contribution in [2.45, 2.75) is 19.8 Å². The van der Waals surface area contributed by atoms with Crippen LogP contribution in [0.2, 0.25) is 0 Å². The van der Waals surface area contributed by atoms with Gasteiger partial charge in [-0.1, -0.05) is 19.3 Å². The molecule has 0 aromatic heterocycles. The summed E-state index contributed by atoms with van der Waals surface area (Å²) < 4.78 is 6.48. The summed E-state index contributed by atoms with van der Waals surface area (Å²) in [7, 11) is 0. The van der Waals surface area contributed by atoms with Crippen LogP contribution < -0.4 is 5.32 Å². The Morgan fingerprint density at radius 1 is 1.88 bits per heavy atom. The largest absolute Gasteiger partial charge is 0.306 e. The maximum absolute atomic E-state index is 6.48. The molecule has 0 atom stereocenters. The first kappa shape index (κ1) is 5.65. The second-order valence-corrected chi connectivity index (χ2v) is 1.71. The predicted molar refractivity (Wildman–Crippen MR) is 36.6 cm³/mol. The van der Waals surface area contributed by atoms with Gasteiger partial charge in [-0.25, -0.2) is 0 Å². The van der Waals surface area contributed by atoms with E-state index in [1.54, 1.807) is 0 Å². The summed E-state index contributed by atoms with van der Waals surface area (Å²) in [5, 5.41) is 3.09. The summed E-state index contributed by atoms with van der Waals surface area (Å²) >= 11 is 0. The molecule has 1 nitrogen and oxygen atoms in total. The predicted octanol–water partition coefficient (Wildman–Crippen LogP) is 1.01. The lowest BCUT2D eigenvalue weighted by atomic mass is 10.3. The van der Waals surface area contributed by atoms with Crippen LogP contribution in [0.15, 0.2) is 0 Å². The van der Waals surface area contributed by atoms with Gasteiger partial charge in [0.05, 0.1) is 6.54 Å². The quantitative estimate of drug-likeness (QED) is 0.423. The fraction of sp³-hybridized carbons (Fsp3) is 0.714. The summed E-state index contributed by atoms with van der Waals surface area (Å²) in [5.74, 6) is 2.61. The fourth-order valence-electron chi connectivity index (χ4n) is 0.453. The zero-order valence-electron chi connectivity index (χ0n) is 6.33. The molecule has 0 saturated heterocycles. The zero-order chi connectivity index (χ0) is 6.95. The normalized spacial score (nSPS) is 9.38. The minimum absolute atomic E-state index is 0.656. The smallest absolute Gasteiger partial charge is 0.124 e. The highest BCUT2D eigenvalue weighted by Gasteiger charge is 1.78. The van der Waals surface area contributed by atoms with Crippen molar-refractivity contribution < 1.29 is 1.37 Å². The molecule has 0 amide bonds. The van der Waals surface area contributed by atoms with Crippen LogP contribution in [0.5, 0.6) is 0 Å². The average Bonchev–Trinajstić information content (AvgIpc) is 1.89. The van der Waals surface area contributed by atoms with E-state index in [9.17, 15) is 0 Å². The summed E-state index contributed by atoms with van der Waals surface area (Å²) in [6.07, 6.45) is 4.49. The van der Waals surface area contributed by atoms with Gasteiger partial charge in [0.25, 0.3) is 0 Å². The molecule has 0 aliphatic heterocycles. The first-order valence-electron chi connectivity index (χ1n) is 3.52. The van der Waals surface area contributed by atoms with Crippen molar-refractivity contribution in [3.05, 3.63) is 0 Å². The van der Waals surface area contributed by atoms with E-state index < -0.39 is 0 Å². The summed E-state index contributed by atoms with van der Waals surface area (Å²) in [5.41, 5.74) is 0. The summed E-state index contributed by atoms with van der Waals surface area (Å²) in [6.45, 7) is 3.83. The van der Waals surface area contributed by atoms with E-state index in [4.69, 9.17) is 1.37 Å². The zero-order valence-corrected chi connectivity index (χ0v) is 5.33. The van der Waals surface area contributed by atoms with Gasteiger partial charge in [-0.2, -0.15) is 0 Å². The number of unbranched alkanes of at least 4 members (excludes halogenated alkanes) is 1. The molecule has 0 rings (SSSR count). The third-order valence-corrected chi connectivity index (χ3v) is 0.920. The number of hydrogen-bond acceptors (Lipinski definition) is 1. The Bertz CT molecular complexity index is 101. The SMILES string of the molecule is [2H]C#CCNCCCC. The van der Waals surface area contributed by atoms with Crippen molar-refractivity contribution in [2.75, 3.05) is 13.1 Å². The molecule has 0 fully saturated rings. The van der Waals surface area contributed by atoms with Crippen LogP contribution in [-0.2, 0) is 0 Å². The number of terminal acetylenes is 1. The molecule has 0 spiro atoms. The highest BCUT2D eigenvalue weighted by molar-refractivity contribution is 4.86. The monoisotopic (exact) mass is 112 g/mol. The molecule has 0 aromatic carbocycles. The lowest BCUT2D eigenvalue weighted by Crippen LogP contribution is -2.14. The van der Waals surface area contributed by atoms with E-state index in [1.807, 2.05) is 0 Å². The maximum atomic E-state index is 6.48. The molecule has 0 aromatic rings. The Hall–Kier alpha value is -0.480. The van der Waals surface area contributed by atoms with Gasteiger partial charge in [0, 0.05) is 0 Å². The van der Waals surface area contributed by atoms with E-state index in [0.717, 1.165) is 6.54 Å². The average molecular weight is 112 g/mol. The lowest BCUT2D eigenvalue weighted by molar-refractivity contribution is 0.687. The van der Waals surface area contributed by atoms with Crippen molar-refractivity contribution in [2.24, 2.45) is 0 Å². The highest BCUT2D eigenvalue weighted by atomic mass is 14.8. The van der Waals surface area contributed by atoms with Crippen LogP contribution in [0, 0.1) is 12.3 Å². The van der Waals surface area contributed by atoms with Crippen molar-refractivity contribution in [3.8, 4) is 12.3 Å². The maximum Gasteiger partial charge on any atom is 0.124 e. The fourth-order valence-corrected chi connectivity index (χ4v) is 0.453. The third-order valence-electron chi connectivity index (χ3n) is 0.920. The van der Waals surface area contributed by atoms with Gasteiger partial charge >= 0.3 is 0 Å². The third kappa shape index (κ3) is 5.52. The molecule has 1 N–H and O–H groups in total. The van der Waals surface area contributed by atoms with Crippen molar-refractivity contribution in [1.29, 1.82) is 0 Å². The van der Waals surface area contributed by atoms with E-state index in [0.29, 0.717) is 6.54 Å². The van der Waals surface area contributed by atoms with E-state index >= 15 is 0 Å². The lowest BCUT2D eigenvalue weighted by Gasteiger charge is -1.94. The highest BCUT2D eigenvalue weighted by Crippen LogP contribution is 1.80. The van der Waals surface area contributed by atoms with Crippen molar-refractivity contribution in [3.63, 3.8) is 0 Å². The summed E-state index contributed by atoms with van der Waals surface area (Å²) in [6, 6.07) is 0. The van der Waals surface area contributed by atoms with E-state index in [2.05, 4.69) is 24.6 Å². The molecule has 0 heterocycles. The Balaban J connectivity index is 2.80. The van der Waals surface area contributed by atoms with Crippen LogP contribution in [0.25, 0.3) is 0 Å². The molecule has 0 saturated carbocycles. The van der Waals surface area contributed by atoms with Crippen LogP contribution in [0.3, 0.4) is 0 Å². The molecular weight excluding hydrogens is 98.1 g/mol. The van der Waals surface area contributed by atoms with Crippen LogP contribution in [0.4, 0.5) is 0 Å². The van der Waals surface area contributed by atoms with Gasteiger partial charge in [-0.05, 0) is 13.0 Å². The molecule has 0 bridgehead atoms. The second kappa shape index (κ2) is 6.52. The summed E-state index contributed by atoms with van der Waals surface area (Å²) in [4.78, 5) is 0. The van der Waals surface area contributed by atoms with Crippen LogP contribution in [-0.4, -0.2) is 13.1 Å². The molecule has 1 heteroatoms. The minimum atomic E-state index is 0.656. The Morgan fingerprint density at radius 2 is 2.75 bits per heavy atom. The van der Waals surface area contributed by atoms with Crippen LogP contribution >= 0.6 is 0 Å². The molecule has 0 aliphatic carbocycles. The second-order valence-electron chi connectivity index (χ2n) is 1.71. The Morgan fingerprint density at radius 3 is 3.38 bits per heavy atom. The van der Waals surface area contributed by atoms with E-state index in [1.165, 1.54) is 12.8 Å². The van der Waals surface area contributed by atoms with Crippen molar-refractivity contribution in [1.82, 2.24) is 5.32 Å². The molecule has 0 radical (unpaired) electrons. The van der Waals surface area contributed by atoms with Gasteiger partial charge in [0.15, 0.2) is 0 Å². The molecular formula is C7H13N. The van der Waals surface area contributed by atoms with Gasteiger partial charge in [0.1, 0.15) is 1.37 Å². The Labute approximate surface area is 52.9 Å². The molecule has 46 valence electrons. The number of hydrogen-bond donors (Lipinski definition) is 1. The van der Waals surface area contributed by atoms with Crippen molar-refractivity contribution >= 4 is 0 Å². The van der Waals surface area contributed by atoms with Gasteiger partial charge < -0.3 is 5.32 Å². The Kier molecular flexibility index (Phi) is 4.61. The molecule has 0 aliphatic rings. The first-order valence-corrected chi connectivity index (χ1v) is 3.02. The van der Waals surface area contributed by atoms with E-state index in [-0.39, 0.29) is 0 Å². The van der Waals surface area contributed by atoms with Gasteiger partial charge in [0.2, 0.25) is 0 Å².